The van der Waals surface area contributed by atoms with E-state index in [1.807, 2.05) is 0 Å². The lowest BCUT2D eigenvalue weighted by atomic mass is 9.49. The van der Waals surface area contributed by atoms with Crippen molar-refractivity contribution in [2.45, 2.75) is 17.7 Å². The van der Waals surface area contributed by atoms with Gasteiger partial charge in [-0.3, -0.25) is 24.0 Å². The molecule has 6 radical (unpaired) electrons. The average molecular weight is 651 g/mol. The molecule has 46 heavy (non-hydrogen) atoms. The molecular formula is C29H20B3Cl2FN8O3. The molecular weight excluding hydrogens is 631 g/mol. The van der Waals surface area contributed by atoms with E-state index in [0.717, 1.165) is 0 Å². The minimum Gasteiger partial charge on any atom is -0.324 e. The molecule has 3 heterocycles. The summed E-state index contributed by atoms with van der Waals surface area (Å²) in [5.41, 5.74) is 2.19. The fourth-order valence-electron chi connectivity index (χ4n) is 5.12. The summed E-state index contributed by atoms with van der Waals surface area (Å²) in [5.74, 6) is -2.02. The Morgan fingerprint density at radius 1 is 0.957 bits per heavy atom. The molecule has 1 fully saturated rings. The normalized spacial score (nSPS) is 14.6. The number of benzene rings is 3. The number of hydrogen-bond donors (Lipinski definition) is 1. The zero-order valence-corrected chi connectivity index (χ0v) is 25.4. The summed E-state index contributed by atoms with van der Waals surface area (Å²) in [6, 6.07) is 14.0. The van der Waals surface area contributed by atoms with E-state index in [-0.39, 0.29) is 11.6 Å². The number of fused-ring (bicyclic) bond motifs is 1. The molecule has 1 N–H and O–H groups in total. The van der Waals surface area contributed by atoms with Gasteiger partial charge in [0.2, 0.25) is 17.7 Å². The minimum absolute atomic E-state index is 0.00121. The Hall–Kier alpha value is -4.62. The van der Waals surface area contributed by atoms with E-state index in [9.17, 15) is 18.8 Å². The van der Waals surface area contributed by atoms with Crippen molar-refractivity contribution in [3.63, 3.8) is 0 Å². The van der Waals surface area contributed by atoms with Crippen molar-refractivity contribution in [1.29, 1.82) is 0 Å². The van der Waals surface area contributed by atoms with Crippen LogP contribution in [0.2, 0.25) is 10.2 Å². The number of rotatable bonds is 8. The molecule has 1 unspecified atom stereocenters. The predicted molar refractivity (Wildman–Crippen MR) is 173 cm³/mol. The summed E-state index contributed by atoms with van der Waals surface area (Å²) in [6.45, 7) is -0.828. The summed E-state index contributed by atoms with van der Waals surface area (Å²) in [7, 11) is 17.2. The largest absolute Gasteiger partial charge is 0.324 e. The number of nitrogens with one attached hydrogen (secondary N) is 1. The number of hydrogen-bond acceptors (Lipinski definition) is 6. The van der Waals surface area contributed by atoms with E-state index >= 15 is 0 Å². The van der Waals surface area contributed by atoms with Crippen LogP contribution in [0.3, 0.4) is 0 Å². The van der Waals surface area contributed by atoms with Gasteiger partial charge in [0.25, 0.3) is 0 Å². The highest BCUT2D eigenvalue weighted by Crippen LogP contribution is 2.31. The summed E-state index contributed by atoms with van der Waals surface area (Å²) in [5, 5.41) is 14.1. The molecule has 1 atom stereocenters. The summed E-state index contributed by atoms with van der Waals surface area (Å²) in [6.07, 6.45) is 2.97. The molecule has 5 aromatic rings. The first-order valence-electron chi connectivity index (χ1n) is 13.8. The standard InChI is InChI=1S/C29H20B3Cl2FN8O3/c30-29(31,32)43-12-17-10-20(6-7-21(17)38-43)36-28(46)24(9-16-1-4-19(35)5-2-16)41-15-26(44)40(14-27(41)45)23-11-18(33)3-8-22(23)42-13-25(34)37-39-42/h1-8,10-13,24H,9,14-15H2,(H,36,46). The Morgan fingerprint density at radius 3 is 2.41 bits per heavy atom. The second kappa shape index (κ2) is 12.3. The van der Waals surface area contributed by atoms with Crippen molar-refractivity contribution in [3.05, 3.63) is 94.6 Å². The van der Waals surface area contributed by atoms with Crippen LogP contribution >= 0.6 is 23.2 Å². The van der Waals surface area contributed by atoms with Crippen molar-refractivity contribution >= 4 is 86.7 Å². The van der Waals surface area contributed by atoms with Crippen LogP contribution in [0.15, 0.2) is 73.1 Å². The van der Waals surface area contributed by atoms with Crippen LogP contribution in [-0.2, 0) is 26.0 Å². The van der Waals surface area contributed by atoms with Crippen molar-refractivity contribution in [3.8, 4) is 5.69 Å². The van der Waals surface area contributed by atoms with Crippen molar-refractivity contribution in [2.75, 3.05) is 23.3 Å². The third-order valence-electron chi connectivity index (χ3n) is 7.35. The Bertz CT molecular complexity index is 1980. The molecule has 0 saturated carbocycles. The van der Waals surface area contributed by atoms with Crippen LogP contribution < -0.4 is 10.2 Å². The van der Waals surface area contributed by atoms with E-state index in [1.165, 1.54) is 61.9 Å². The Balaban J connectivity index is 1.29. The zero-order chi connectivity index (χ0) is 32.7. The van der Waals surface area contributed by atoms with Gasteiger partial charge in [-0.1, -0.05) is 40.5 Å². The molecule has 0 spiro atoms. The van der Waals surface area contributed by atoms with Gasteiger partial charge in [0.05, 0.1) is 46.6 Å². The maximum absolute atomic E-state index is 13.8. The Kier molecular flexibility index (Phi) is 8.38. The maximum atomic E-state index is 13.8. The topological polar surface area (TPSA) is 118 Å². The van der Waals surface area contributed by atoms with Gasteiger partial charge in [-0.2, -0.15) is 5.10 Å². The predicted octanol–water partition coefficient (Wildman–Crippen LogP) is 2.56. The molecule has 0 bridgehead atoms. The first kappa shape index (κ1) is 31.4. The fourth-order valence-corrected chi connectivity index (χ4v) is 5.41. The SMILES string of the molecule is [B]C([B])([B])n1cc2cc(NC(=O)C(Cc3ccc(F)cc3)N3CC(=O)N(c4cc(Cl)ccc4-n4cc(Cl)nn4)CC3=O)ccc2n1. The van der Waals surface area contributed by atoms with Crippen LogP contribution in [0, 0.1) is 5.82 Å². The third kappa shape index (κ3) is 6.51. The summed E-state index contributed by atoms with van der Waals surface area (Å²) in [4.78, 5) is 43.7. The van der Waals surface area contributed by atoms with E-state index in [0.29, 0.717) is 38.6 Å². The van der Waals surface area contributed by atoms with Crippen molar-refractivity contribution < 1.29 is 18.8 Å². The summed E-state index contributed by atoms with van der Waals surface area (Å²) < 4.78 is 16.2. The molecule has 6 rings (SSSR count). The quantitative estimate of drug-likeness (QED) is 0.258. The monoisotopic (exact) mass is 650 g/mol. The fraction of sp³-hybridized carbons (Fsp3) is 0.172. The van der Waals surface area contributed by atoms with Crippen molar-refractivity contribution in [1.82, 2.24) is 29.7 Å². The first-order valence-corrected chi connectivity index (χ1v) is 14.5. The molecule has 17 heteroatoms. The molecule has 3 aromatic carbocycles. The molecule has 0 aliphatic carbocycles. The van der Waals surface area contributed by atoms with Gasteiger partial charge in [0.1, 0.15) is 24.9 Å². The van der Waals surface area contributed by atoms with Gasteiger partial charge in [0, 0.05) is 28.7 Å². The Labute approximate surface area is 275 Å². The number of halogens is 3. The van der Waals surface area contributed by atoms with Crippen molar-refractivity contribution in [2.24, 2.45) is 0 Å². The number of carbonyl (C=O) groups is 3. The number of amides is 3. The van der Waals surface area contributed by atoms with Gasteiger partial charge in [-0.05, 0) is 59.3 Å². The van der Waals surface area contributed by atoms with Gasteiger partial charge in [0.15, 0.2) is 5.15 Å². The lowest BCUT2D eigenvalue weighted by molar-refractivity contribution is -0.143. The Morgan fingerprint density at radius 2 is 1.72 bits per heavy atom. The highest BCUT2D eigenvalue weighted by atomic mass is 35.5. The molecule has 11 nitrogen and oxygen atoms in total. The number of aromatic nitrogens is 5. The highest BCUT2D eigenvalue weighted by Gasteiger charge is 2.39. The van der Waals surface area contributed by atoms with Crippen LogP contribution in [0.25, 0.3) is 16.6 Å². The van der Waals surface area contributed by atoms with Gasteiger partial charge in [-0.25, -0.2) is 9.07 Å². The number of piperazine rings is 1. The van der Waals surface area contributed by atoms with E-state index in [2.05, 4.69) is 20.7 Å². The van der Waals surface area contributed by atoms with Gasteiger partial charge >= 0.3 is 0 Å². The molecule has 2 aromatic heterocycles. The van der Waals surface area contributed by atoms with Gasteiger partial charge < -0.3 is 10.2 Å². The van der Waals surface area contributed by atoms with Crippen LogP contribution in [0.4, 0.5) is 15.8 Å². The first-order chi connectivity index (χ1) is 21.9. The average Bonchev–Trinajstić information content (AvgIpc) is 3.64. The molecule has 1 aliphatic rings. The van der Waals surface area contributed by atoms with Gasteiger partial charge in [-0.15, -0.1) is 5.10 Å². The molecule has 1 aliphatic heterocycles. The number of anilines is 2. The van der Waals surface area contributed by atoms with E-state index in [1.54, 1.807) is 30.3 Å². The lowest BCUT2D eigenvalue weighted by Crippen LogP contribution is -2.60. The van der Waals surface area contributed by atoms with Crippen LogP contribution in [-0.4, -0.2) is 90.1 Å². The van der Waals surface area contributed by atoms with E-state index < -0.39 is 47.9 Å². The number of carbonyl (C=O) groups excluding carboxylic acids is 3. The molecule has 1 saturated heterocycles. The molecule has 3 amide bonds. The van der Waals surface area contributed by atoms with E-state index in [4.69, 9.17) is 46.7 Å². The maximum Gasteiger partial charge on any atom is 0.247 e. The van der Waals surface area contributed by atoms with Crippen LogP contribution in [0.1, 0.15) is 5.56 Å². The lowest BCUT2D eigenvalue weighted by Gasteiger charge is -2.38. The smallest absolute Gasteiger partial charge is 0.247 e. The highest BCUT2D eigenvalue weighted by molar-refractivity contribution is 6.56. The minimum atomic E-state index is -1.73. The molecule has 224 valence electrons. The van der Waals surface area contributed by atoms with Crippen LogP contribution in [0.5, 0.6) is 0 Å². The second-order valence-electron chi connectivity index (χ2n) is 10.7. The summed E-state index contributed by atoms with van der Waals surface area (Å²) >= 11 is 12.2. The number of nitrogens with zero attached hydrogens (tertiary/aromatic N) is 7. The second-order valence-corrected chi connectivity index (χ2v) is 11.5. The third-order valence-corrected chi connectivity index (χ3v) is 7.76. The zero-order valence-electron chi connectivity index (χ0n) is 23.8.